The molecule has 98 valence electrons. The first-order chi connectivity index (χ1) is 7.97. The van der Waals surface area contributed by atoms with E-state index in [1.54, 1.807) is 6.92 Å². The summed E-state index contributed by atoms with van der Waals surface area (Å²) in [6.07, 6.45) is -4.41. The van der Waals surface area contributed by atoms with E-state index >= 15 is 0 Å². The van der Waals surface area contributed by atoms with E-state index in [0.717, 1.165) is 6.42 Å². The first-order valence-corrected chi connectivity index (χ1v) is 5.73. The molecule has 0 aromatic carbocycles. The van der Waals surface area contributed by atoms with E-state index in [-0.39, 0.29) is 5.69 Å². The number of hydrogen-bond donors (Lipinski definition) is 0. The van der Waals surface area contributed by atoms with Crippen LogP contribution < -0.4 is 4.74 Å². The molecule has 0 bridgehead atoms. The molecule has 1 aromatic heterocycles. The van der Waals surface area contributed by atoms with Crippen LogP contribution in [-0.2, 0) is 13.0 Å². The summed E-state index contributed by atoms with van der Waals surface area (Å²) < 4.78 is 43.4. The van der Waals surface area contributed by atoms with Crippen LogP contribution >= 0.6 is 0 Å². The third kappa shape index (κ3) is 3.38. The van der Waals surface area contributed by atoms with E-state index in [0.29, 0.717) is 24.6 Å². The summed E-state index contributed by atoms with van der Waals surface area (Å²) in [5, 5.41) is 3.91. The van der Waals surface area contributed by atoms with E-state index in [1.807, 2.05) is 13.8 Å². The molecule has 17 heavy (non-hydrogen) atoms. The number of hydrogen-bond acceptors (Lipinski definition) is 2. The van der Waals surface area contributed by atoms with Gasteiger partial charge in [0.05, 0.1) is 18.7 Å². The third-order valence-electron chi connectivity index (χ3n) is 2.35. The lowest BCUT2D eigenvalue weighted by atomic mass is 10.2. The highest BCUT2D eigenvalue weighted by atomic mass is 19.4. The zero-order valence-electron chi connectivity index (χ0n) is 10.3. The van der Waals surface area contributed by atoms with Gasteiger partial charge in [0.1, 0.15) is 0 Å². The Labute approximate surface area is 98.6 Å². The number of aryl methyl sites for hydroxylation is 1. The Morgan fingerprint density at radius 2 is 2.00 bits per heavy atom. The molecular weight excluding hydrogens is 233 g/mol. The minimum Gasteiger partial charge on any atom is -0.478 e. The number of aromatic nitrogens is 2. The average Bonchev–Trinajstić information content (AvgIpc) is 2.57. The van der Waals surface area contributed by atoms with Gasteiger partial charge in [-0.25, -0.2) is 4.68 Å². The smallest absolute Gasteiger partial charge is 0.394 e. The fraction of sp³-hybridized carbons (Fsp3) is 0.727. The second kappa shape index (κ2) is 5.42. The fourth-order valence-corrected chi connectivity index (χ4v) is 1.66. The van der Waals surface area contributed by atoms with Crippen molar-refractivity contribution >= 4 is 0 Å². The lowest BCUT2D eigenvalue weighted by molar-refractivity contribution is -0.128. The minimum absolute atomic E-state index is 0.0689. The molecule has 0 spiro atoms. The van der Waals surface area contributed by atoms with Crippen molar-refractivity contribution in [1.82, 2.24) is 9.78 Å². The van der Waals surface area contributed by atoms with Gasteiger partial charge in [0.15, 0.2) is 0 Å². The maximum atomic E-state index is 12.2. The summed E-state index contributed by atoms with van der Waals surface area (Å²) in [4.78, 5) is 0. The first kappa shape index (κ1) is 13.9. The zero-order chi connectivity index (χ0) is 13.1. The molecule has 0 saturated carbocycles. The SMILES string of the molecule is CC.Cc1c(CC(F)(F)F)nn2c1OCCC2. The van der Waals surface area contributed by atoms with Gasteiger partial charge in [0.25, 0.3) is 0 Å². The van der Waals surface area contributed by atoms with Crippen LogP contribution in [0.4, 0.5) is 13.2 Å². The highest BCUT2D eigenvalue weighted by Gasteiger charge is 2.32. The number of fused-ring (bicyclic) bond motifs is 1. The van der Waals surface area contributed by atoms with Gasteiger partial charge >= 0.3 is 6.18 Å². The predicted molar refractivity (Wildman–Crippen MR) is 58.2 cm³/mol. The van der Waals surface area contributed by atoms with Crippen molar-refractivity contribution in [2.75, 3.05) is 6.61 Å². The van der Waals surface area contributed by atoms with Gasteiger partial charge in [-0.05, 0) is 6.92 Å². The van der Waals surface area contributed by atoms with Crippen LogP contribution in [0.2, 0.25) is 0 Å². The molecule has 0 saturated heterocycles. The molecule has 0 unspecified atom stereocenters. The highest BCUT2D eigenvalue weighted by molar-refractivity contribution is 5.31. The maximum Gasteiger partial charge on any atom is 0.394 e. The van der Waals surface area contributed by atoms with Gasteiger partial charge in [0, 0.05) is 18.5 Å². The number of rotatable bonds is 1. The van der Waals surface area contributed by atoms with E-state index in [1.165, 1.54) is 4.68 Å². The summed E-state index contributed by atoms with van der Waals surface area (Å²) in [6, 6.07) is 0. The molecule has 0 amide bonds. The maximum absolute atomic E-state index is 12.2. The molecule has 0 N–H and O–H groups in total. The lowest BCUT2D eigenvalue weighted by Crippen LogP contribution is -2.15. The van der Waals surface area contributed by atoms with Gasteiger partial charge in [0.2, 0.25) is 5.88 Å². The molecule has 3 nitrogen and oxygen atoms in total. The average molecular weight is 250 g/mol. The van der Waals surface area contributed by atoms with Gasteiger partial charge in [-0.1, -0.05) is 13.8 Å². The normalized spacial score (nSPS) is 14.5. The molecule has 0 radical (unpaired) electrons. The highest BCUT2D eigenvalue weighted by Crippen LogP contribution is 2.29. The first-order valence-electron chi connectivity index (χ1n) is 5.73. The van der Waals surface area contributed by atoms with E-state index in [4.69, 9.17) is 4.74 Å². The third-order valence-corrected chi connectivity index (χ3v) is 2.35. The summed E-state index contributed by atoms with van der Waals surface area (Å²) in [5.74, 6) is 0.487. The van der Waals surface area contributed by atoms with Crippen LogP contribution in [0.15, 0.2) is 0 Å². The number of nitrogens with zero attached hydrogens (tertiary/aromatic N) is 2. The molecule has 0 aliphatic carbocycles. The standard InChI is InChI=1S/C9H11F3N2O.C2H6/c1-6-7(5-9(10,11)12)13-14-3-2-4-15-8(6)14;1-2/h2-5H2,1H3;1-2H3. The van der Waals surface area contributed by atoms with Crippen molar-refractivity contribution in [3.05, 3.63) is 11.3 Å². The van der Waals surface area contributed by atoms with Crippen molar-refractivity contribution in [2.45, 2.75) is 46.3 Å². The summed E-state index contributed by atoms with van der Waals surface area (Å²) >= 11 is 0. The van der Waals surface area contributed by atoms with Gasteiger partial charge < -0.3 is 4.74 Å². The Kier molecular flexibility index (Phi) is 4.42. The monoisotopic (exact) mass is 250 g/mol. The Bertz CT molecular complexity index is 372. The summed E-state index contributed by atoms with van der Waals surface area (Å²) in [6.45, 7) is 6.80. The van der Waals surface area contributed by atoms with Crippen LogP contribution in [0.25, 0.3) is 0 Å². The molecule has 2 heterocycles. The quantitative estimate of drug-likeness (QED) is 0.765. The Hall–Kier alpha value is -1.20. The van der Waals surface area contributed by atoms with Crippen molar-refractivity contribution < 1.29 is 17.9 Å². The van der Waals surface area contributed by atoms with Crippen molar-refractivity contribution in [3.63, 3.8) is 0 Å². The number of ether oxygens (including phenoxy) is 1. The topological polar surface area (TPSA) is 27.1 Å². The molecule has 2 rings (SSSR count). The lowest BCUT2D eigenvalue weighted by Gasteiger charge is -2.14. The van der Waals surface area contributed by atoms with Gasteiger partial charge in [-0.2, -0.15) is 18.3 Å². The van der Waals surface area contributed by atoms with Crippen LogP contribution in [0, 0.1) is 6.92 Å². The van der Waals surface area contributed by atoms with Crippen LogP contribution in [0.5, 0.6) is 5.88 Å². The van der Waals surface area contributed by atoms with Crippen LogP contribution in [0.3, 0.4) is 0 Å². The van der Waals surface area contributed by atoms with E-state index in [9.17, 15) is 13.2 Å². The summed E-state index contributed by atoms with van der Waals surface area (Å²) in [7, 11) is 0. The zero-order valence-corrected chi connectivity index (χ0v) is 10.3. The Balaban J connectivity index is 0.000000686. The molecule has 1 aliphatic rings. The van der Waals surface area contributed by atoms with Crippen LogP contribution in [-0.4, -0.2) is 22.6 Å². The van der Waals surface area contributed by atoms with E-state index < -0.39 is 12.6 Å². The molecule has 1 aromatic rings. The molecular formula is C11H17F3N2O. The molecule has 0 fully saturated rings. The van der Waals surface area contributed by atoms with Gasteiger partial charge in [-0.3, -0.25) is 0 Å². The predicted octanol–water partition coefficient (Wildman–Crippen LogP) is 3.11. The largest absolute Gasteiger partial charge is 0.478 e. The minimum atomic E-state index is -4.21. The number of halogens is 3. The second-order valence-corrected chi connectivity index (χ2v) is 3.59. The Morgan fingerprint density at radius 3 is 2.53 bits per heavy atom. The van der Waals surface area contributed by atoms with Gasteiger partial charge in [-0.15, -0.1) is 0 Å². The Morgan fingerprint density at radius 1 is 1.35 bits per heavy atom. The molecule has 1 aliphatic heterocycles. The molecule has 0 atom stereocenters. The van der Waals surface area contributed by atoms with Crippen molar-refractivity contribution in [2.24, 2.45) is 0 Å². The fourth-order valence-electron chi connectivity index (χ4n) is 1.66. The summed E-state index contributed by atoms with van der Waals surface area (Å²) in [5.41, 5.74) is 0.575. The number of alkyl halides is 3. The van der Waals surface area contributed by atoms with Crippen molar-refractivity contribution in [1.29, 1.82) is 0 Å². The van der Waals surface area contributed by atoms with Crippen LogP contribution in [0.1, 0.15) is 31.5 Å². The molecule has 6 heteroatoms. The van der Waals surface area contributed by atoms with E-state index in [2.05, 4.69) is 5.10 Å². The second-order valence-electron chi connectivity index (χ2n) is 3.59. The van der Waals surface area contributed by atoms with Crippen molar-refractivity contribution in [3.8, 4) is 5.88 Å².